The molecule has 182 valence electrons. The molecular formula is C24H30FN5O3S. The van der Waals surface area contributed by atoms with Gasteiger partial charge in [-0.3, -0.25) is 9.59 Å². The van der Waals surface area contributed by atoms with E-state index in [1.54, 1.807) is 19.1 Å². The number of piperidine rings is 1. The molecule has 0 saturated carbocycles. The fraction of sp³-hybridized carbons (Fsp3) is 0.500. The van der Waals surface area contributed by atoms with Crippen molar-refractivity contribution in [2.75, 3.05) is 61.4 Å². The van der Waals surface area contributed by atoms with Crippen LogP contribution < -0.4 is 9.80 Å². The van der Waals surface area contributed by atoms with Crippen LogP contribution in [0.25, 0.3) is 0 Å². The van der Waals surface area contributed by atoms with Crippen LogP contribution in [0.5, 0.6) is 0 Å². The zero-order valence-corrected chi connectivity index (χ0v) is 20.2. The number of benzene rings is 1. The number of hydrogen-bond acceptors (Lipinski definition) is 8. The summed E-state index contributed by atoms with van der Waals surface area (Å²) in [6.45, 7) is 6.19. The molecule has 0 aliphatic carbocycles. The highest BCUT2D eigenvalue weighted by Crippen LogP contribution is 2.25. The van der Waals surface area contributed by atoms with Gasteiger partial charge >= 0.3 is 5.97 Å². The summed E-state index contributed by atoms with van der Waals surface area (Å²) in [7, 11) is 0. The van der Waals surface area contributed by atoms with Gasteiger partial charge in [-0.1, -0.05) is 23.9 Å². The van der Waals surface area contributed by atoms with Gasteiger partial charge in [-0.05, 0) is 31.9 Å². The lowest BCUT2D eigenvalue weighted by atomic mass is 9.97. The van der Waals surface area contributed by atoms with Crippen LogP contribution in [0.4, 0.5) is 15.9 Å². The minimum absolute atomic E-state index is 0.0472. The van der Waals surface area contributed by atoms with E-state index >= 15 is 0 Å². The van der Waals surface area contributed by atoms with E-state index in [2.05, 4.69) is 14.9 Å². The molecule has 1 aromatic carbocycles. The van der Waals surface area contributed by atoms with Gasteiger partial charge in [0.25, 0.3) is 0 Å². The first-order chi connectivity index (χ1) is 16.5. The number of rotatable bonds is 7. The number of likely N-dealkylation sites (tertiary alicyclic amines) is 1. The maximum absolute atomic E-state index is 14.1. The summed E-state index contributed by atoms with van der Waals surface area (Å²) in [6.07, 6.45) is 2.81. The van der Waals surface area contributed by atoms with Crippen LogP contribution in [0, 0.1) is 11.7 Å². The predicted molar refractivity (Wildman–Crippen MR) is 130 cm³/mol. The number of aromatic nitrogens is 2. The molecular weight excluding hydrogens is 457 g/mol. The van der Waals surface area contributed by atoms with Gasteiger partial charge in [-0.2, -0.15) is 0 Å². The van der Waals surface area contributed by atoms with Gasteiger partial charge in [0.15, 0.2) is 0 Å². The van der Waals surface area contributed by atoms with Gasteiger partial charge < -0.3 is 19.4 Å². The first-order valence-corrected chi connectivity index (χ1v) is 12.7. The first kappa shape index (κ1) is 24.3. The Bertz CT molecular complexity index is 994. The summed E-state index contributed by atoms with van der Waals surface area (Å²) in [5.74, 6) is 0.680. The number of para-hydroxylation sites is 1. The van der Waals surface area contributed by atoms with Crippen molar-refractivity contribution in [2.45, 2.75) is 24.8 Å². The highest BCUT2D eigenvalue weighted by atomic mass is 32.2. The summed E-state index contributed by atoms with van der Waals surface area (Å²) in [4.78, 5) is 39.3. The van der Waals surface area contributed by atoms with Crippen molar-refractivity contribution in [2.24, 2.45) is 5.92 Å². The van der Waals surface area contributed by atoms with Crippen LogP contribution in [0.2, 0.25) is 0 Å². The fourth-order valence-corrected chi connectivity index (χ4v) is 5.08. The normalized spacial score (nSPS) is 17.1. The molecule has 0 spiro atoms. The van der Waals surface area contributed by atoms with Gasteiger partial charge in [0.2, 0.25) is 5.91 Å². The number of nitrogens with zero attached hydrogens (tertiary/aromatic N) is 5. The molecule has 0 N–H and O–H groups in total. The number of carbonyl (C=O) groups excluding carboxylic acids is 2. The SMILES string of the molecule is CCOC(=O)C1CCN(C(=O)CSc2cc(N3CCN(c4ccccc4F)CC3)ncn2)CC1. The lowest BCUT2D eigenvalue weighted by Crippen LogP contribution is -2.47. The van der Waals surface area contributed by atoms with E-state index < -0.39 is 0 Å². The molecule has 2 aromatic rings. The standard InChI is InChI=1S/C24H30FN5O3S/c1-2-33-24(32)18-7-9-30(10-8-18)23(31)16-34-22-15-21(26-17-27-22)29-13-11-28(12-14-29)20-6-4-3-5-19(20)25/h3-6,15,17-18H,2,7-14,16H2,1H3. The molecule has 2 aliphatic heterocycles. The number of thioether (sulfide) groups is 1. The monoisotopic (exact) mass is 487 g/mol. The van der Waals surface area contributed by atoms with Gasteiger partial charge in [0.1, 0.15) is 23.0 Å². The molecule has 0 atom stereocenters. The van der Waals surface area contributed by atoms with Gasteiger partial charge in [0.05, 0.1) is 24.0 Å². The summed E-state index contributed by atoms with van der Waals surface area (Å²) >= 11 is 1.39. The molecule has 1 amide bonds. The van der Waals surface area contributed by atoms with E-state index in [4.69, 9.17) is 4.74 Å². The number of anilines is 2. The summed E-state index contributed by atoms with van der Waals surface area (Å²) in [5, 5.41) is 0.747. The van der Waals surface area contributed by atoms with Crippen molar-refractivity contribution in [3.63, 3.8) is 0 Å². The molecule has 0 unspecified atom stereocenters. The number of halogens is 1. The van der Waals surface area contributed by atoms with E-state index in [9.17, 15) is 14.0 Å². The number of ether oxygens (including phenoxy) is 1. The van der Waals surface area contributed by atoms with E-state index in [0.717, 1.165) is 23.9 Å². The molecule has 8 nitrogen and oxygen atoms in total. The molecule has 10 heteroatoms. The predicted octanol–water partition coefficient (Wildman–Crippen LogP) is 2.84. The Morgan fingerprint density at radius 2 is 1.76 bits per heavy atom. The maximum atomic E-state index is 14.1. The molecule has 0 bridgehead atoms. The van der Waals surface area contributed by atoms with Crippen molar-refractivity contribution in [1.29, 1.82) is 0 Å². The van der Waals surface area contributed by atoms with Gasteiger partial charge in [0, 0.05) is 45.3 Å². The Morgan fingerprint density at radius 1 is 1.06 bits per heavy atom. The second kappa shape index (κ2) is 11.5. The fourth-order valence-electron chi connectivity index (χ4n) is 4.32. The maximum Gasteiger partial charge on any atom is 0.309 e. The average Bonchev–Trinajstić information content (AvgIpc) is 2.88. The number of carbonyl (C=O) groups is 2. The van der Waals surface area contributed by atoms with Crippen molar-refractivity contribution < 1.29 is 18.7 Å². The van der Waals surface area contributed by atoms with Crippen LogP contribution in [0.15, 0.2) is 41.7 Å². The topological polar surface area (TPSA) is 78.9 Å². The van der Waals surface area contributed by atoms with Crippen LogP contribution in [-0.2, 0) is 14.3 Å². The number of amides is 1. The molecule has 4 rings (SSSR count). The van der Waals surface area contributed by atoms with E-state index in [1.165, 1.54) is 24.2 Å². The Kier molecular flexibility index (Phi) is 8.21. The van der Waals surface area contributed by atoms with E-state index in [0.29, 0.717) is 57.1 Å². The average molecular weight is 488 g/mol. The van der Waals surface area contributed by atoms with Crippen LogP contribution >= 0.6 is 11.8 Å². The Hall–Kier alpha value is -2.88. The smallest absolute Gasteiger partial charge is 0.309 e. The van der Waals surface area contributed by atoms with Gasteiger partial charge in [-0.25, -0.2) is 14.4 Å². The Labute approximate surface area is 203 Å². The molecule has 3 heterocycles. The number of piperazine rings is 1. The largest absolute Gasteiger partial charge is 0.466 e. The zero-order valence-electron chi connectivity index (χ0n) is 19.4. The molecule has 1 aromatic heterocycles. The second-order valence-corrected chi connectivity index (χ2v) is 9.33. The molecule has 2 aliphatic rings. The third kappa shape index (κ3) is 5.97. The van der Waals surface area contributed by atoms with Gasteiger partial charge in [-0.15, -0.1) is 0 Å². The Balaban J connectivity index is 1.25. The van der Waals surface area contributed by atoms with Crippen molar-refractivity contribution >= 4 is 35.1 Å². The third-order valence-corrected chi connectivity index (χ3v) is 7.15. The van der Waals surface area contributed by atoms with Crippen LogP contribution in [0.3, 0.4) is 0 Å². The number of esters is 1. The summed E-state index contributed by atoms with van der Waals surface area (Å²) < 4.78 is 19.2. The van der Waals surface area contributed by atoms with E-state index in [1.807, 2.05) is 21.9 Å². The van der Waals surface area contributed by atoms with Crippen LogP contribution in [0.1, 0.15) is 19.8 Å². The lowest BCUT2D eigenvalue weighted by Gasteiger charge is -2.36. The minimum Gasteiger partial charge on any atom is -0.466 e. The van der Waals surface area contributed by atoms with E-state index in [-0.39, 0.29) is 23.6 Å². The zero-order chi connectivity index (χ0) is 23.9. The summed E-state index contributed by atoms with van der Waals surface area (Å²) in [5.41, 5.74) is 0.630. The molecule has 2 saturated heterocycles. The van der Waals surface area contributed by atoms with Crippen LogP contribution in [-0.4, -0.2) is 78.4 Å². The highest BCUT2D eigenvalue weighted by Gasteiger charge is 2.28. The minimum atomic E-state index is -0.202. The highest BCUT2D eigenvalue weighted by molar-refractivity contribution is 7.99. The van der Waals surface area contributed by atoms with Crippen molar-refractivity contribution in [3.05, 3.63) is 42.5 Å². The van der Waals surface area contributed by atoms with Crippen molar-refractivity contribution in [1.82, 2.24) is 14.9 Å². The Morgan fingerprint density at radius 3 is 2.47 bits per heavy atom. The molecule has 34 heavy (non-hydrogen) atoms. The quantitative estimate of drug-likeness (QED) is 0.335. The van der Waals surface area contributed by atoms with Crippen molar-refractivity contribution in [3.8, 4) is 0 Å². The summed E-state index contributed by atoms with van der Waals surface area (Å²) in [6, 6.07) is 8.75. The molecule has 2 fully saturated rings. The lowest BCUT2D eigenvalue weighted by molar-refractivity contribution is -0.151. The molecule has 0 radical (unpaired) electrons. The third-order valence-electron chi connectivity index (χ3n) is 6.24. The number of hydrogen-bond donors (Lipinski definition) is 0. The second-order valence-electron chi connectivity index (χ2n) is 8.34. The first-order valence-electron chi connectivity index (χ1n) is 11.7.